The number of thioether (sulfide) groups is 1. The van der Waals surface area contributed by atoms with Gasteiger partial charge in [-0.05, 0) is 56.4 Å². The first-order valence-electron chi connectivity index (χ1n) is 7.25. The molecular weight excluding hydrogens is 290 g/mol. The number of hydrogen-bond donors (Lipinski definition) is 1. The number of esters is 1. The van der Waals surface area contributed by atoms with Crippen LogP contribution >= 0.6 is 23.1 Å². The molecule has 2 atom stereocenters. The fraction of sp³-hybridized carbons (Fsp3) is 0.667. The van der Waals surface area contributed by atoms with Gasteiger partial charge >= 0.3 is 5.97 Å². The van der Waals surface area contributed by atoms with Crippen molar-refractivity contribution in [3.05, 3.63) is 17.5 Å². The SMILES string of the molecule is CCOC(=O)C1(NC)CCCC1CCSc1cccs1. The third kappa shape index (κ3) is 3.38. The summed E-state index contributed by atoms with van der Waals surface area (Å²) in [5.74, 6) is 1.39. The van der Waals surface area contributed by atoms with E-state index >= 15 is 0 Å². The Hall–Kier alpha value is -0.520. The van der Waals surface area contributed by atoms with E-state index in [1.807, 2.05) is 25.7 Å². The van der Waals surface area contributed by atoms with Crippen LogP contribution in [0.3, 0.4) is 0 Å². The Balaban J connectivity index is 1.92. The molecule has 2 rings (SSSR count). The summed E-state index contributed by atoms with van der Waals surface area (Å²) in [5.41, 5.74) is -0.452. The zero-order valence-electron chi connectivity index (χ0n) is 12.2. The van der Waals surface area contributed by atoms with Crippen LogP contribution in [-0.4, -0.2) is 30.9 Å². The lowest BCUT2D eigenvalue weighted by atomic mass is 9.85. The first-order chi connectivity index (χ1) is 9.73. The van der Waals surface area contributed by atoms with Crippen LogP contribution in [0, 0.1) is 5.92 Å². The normalized spacial score (nSPS) is 25.8. The molecule has 5 heteroatoms. The van der Waals surface area contributed by atoms with Gasteiger partial charge in [0.15, 0.2) is 0 Å². The van der Waals surface area contributed by atoms with E-state index in [2.05, 4.69) is 22.8 Å². The van der Waals surface area contributed by atoms with Crippen LogP contribution in [-0.2, 0) is 9.53 Å². The first kappa shape index (κ1) is 15.9. The standard InChI is InChI=1S/C15H23NO2S2/c1-3-18-14(17)15(16-2)9-4-6-12(15)8-11-20-13-7-5-10-19-13/h5,7,10,12,16H,3-4,6,8-9,11H2,1-2H3. The minimum atomic E-state index is -0.452. The van der Waals surface area contributed by atoms with Gasteiger partial charge in [0.25, 0.3) is 0 Å². The maximum atomic E-state index is 12.3. The Morgan fingerprint density at radius 3 is 3.15 bits per heavy atom. The Kier molecular flexibility index (Phi) is 5.93. The van der Waals surface area contributed by atoms with E-state index in [4.69, 9.17) is 4.74 Å². The van der Waals surface area contributed by atoms with Crippen LogP contribution in [0.1, 0.15) is 32.6 Å². The summed E-state index contributed by atoms with van der Waals surface area (Å²) in [6.45, 7) is 2.33. The Bertz CT molecular complexity index is 422. The second kappa shape index (κ2) is 7.48. The van der Waals surface area contributed by atoms with E-state index in [1.165, 1.54) is 4.21 Å². The van der Waals surface area contributed by atoms with Gasteiger partial charge in [0, 0.05) is 0 Å². The molecule has 112 valence electrons. The lowest BCUT2D eigenvalue weighted by molar-refractivity contribution is -0.152. The zero-order valence-corrected chi connectivity index (χ0v) is 13.8. The van der Waals surface area contributed by atoms with Crippen LogP contribution in [0.15, 0.2) is 21.7 Å². The Morgan fingerprint density at radius 1 is 1.65 bits per heavy atom. The van der Waals surface area contributed by atoms with E-state index in [1.54, 1.807) is 11.3 Å². The molecule has 0 bridgehead atoms. The summed E-state index contributed by atoms with van der Waals surface area (Å²) in [6.07, 6.45) is 4.18. The second-order valence-corrected chi connectivity index (χ2v) is 7.44. The van der Waals surface area contributed by atoms with Crippen molar-refractivity contribution >= 4 is 29.1 Å². The maximum absolute atomic E-state index is 12.3. The van der Waals surface area contributed by atoms with E-state index in [0.717, 1.165) is 31.4 Å². The van der Waals surface area contributed by atoms with Crippen LogP contribution in [0.2, 0.25) is 0 Å². The molecule has 1 fully saturated rings. The number of likely N-dealkylation sites (N-methyl/N-ethyl adjacent to an activating group) is 1. The quantitative estimate of drug-likeness (QED) is 0.617. The number of nitrogens with one attached hydrogen (secondary N) is 1. The molecule has 0 amide bonds. The van der Waals surface area contributed by atoms with Gasteiger partial charge in [-0.2, -0.15) is 0 Å². The summed E-state index contributed by atoms with van der Waals surface area (Å²) in [6, 6.07) is 4.24. The van der Waals surface area contributed by atoms with Crippen molar-refractivity contribution in [1.82, 2.24) is 5.32 Å². The topological polar surface area (TPSA) is 38.3 Å². The summed E-state index contributed by atoms with van der Waals surface area (Å²) in [4.78, 5) is 12.3. The molecule has 2 unspecified atom stereocenters. The lowest BCUT2D eigenvalue weighted by Gasteiger charge is -2.32. The van der Waals surface area contributed by atoms with E-state index < -0.39 is 5.54 Å². The molecule has 1 aromatic heterocycles. The van der Waals surface area contributed by atoms with Crippen LogP contribution in [0.4, 0.5) is 0 Å². The van der Waals surface area contributed by atoms with Crippen LogP contribution in [0.25, 0.3) is 0 Å². The number of thiophene rings is 1. The Labute approximate surface area is 129 Å². The number of carbonyl (C=O) groups is 1. The van der Waals surface area contributed by atoms with Crippen LogP contribution < -0.4 is 5.32 Å². The zero-order chi connectivity index (χ0) is 14.4. The highest BCUT2D eigenvalue weighted by Crippen LogP contribution is 2.40. The predicted octanol–water partition coefficient (Wildman–Crippen LogP) is 3.55. The van der Waals surface area contributed by atoms with Gasteiger partial charge in [-0.25, -0.2) is 0 Å². The highest BCUT2D eigenvalue weighted by atomic mass is 32.2. The molecule has 0 spiro atoms. The van der Waals surface area contributed by atoms with Gasteiger partial charge < -0.3 is 10.1 Å². The van der Waals surface area contributed by atoms with Crippen molar-refractivity contribution in [2.24, 2.45) is 5.92 Å². The van der Waals surface area contributed by atoms with Crippen LogP contribution in [0.5, 0.6) is 0 Å². The van der Waals surface area contributed by atoms with Gasteiger partial charge in [0.2, 0.25) is 0 Å². The Morgan fingerprint density at radius 2 is 2.50 bits per heavy atom. The minimum absolute atomic E-state index is 0.0638. The average molecular weight is 313 g/mol. The van der Waals surface area contributed by atoms with Gasteiger partial charge in [0.05, 0.1) is 10.8 Å². The van der Waals surface area contributed by atoms with Crippen molar-refractivity contribution in [2.75, 3.05) is 19.4 Å². The summed E-state index contributed by atoms with van der Waals surface area (Å²) >= 11 is 3.67. The van der Waals surface area contributed by atoms with Gasteiger partial charge in [-0.3, -0.25) is 4.79 Å². The van der Waals surface area contributed by atoms with E-state index in [9.17, 15) is 4.79 Å². The maximum Gasteiger partial charge on any atom is 0.326 e. The molecule has 1 heterocycles. The van der Waals surface area contributed by atoms with Crippen molar-refractivity contribution in [3.8, 4) is 0 Å². The average Bonchev–Trinajstić information content (AvgIpc) is 3.09. The molecular formula is C15H23NO2S2. The fourth-order valence-corrected chi connectivity index (χ4v) is 4.99. The van der Waals surface area contributed by atoms with Gasteiger partial charge in [0.1, 0.15) is 5.54 Å². The molecule has 0 saturated heterocycles. The van der Waals surface area contributed by atoms with Crippen molar-refractivity contribution in [2.45, 2.75) is 42.4 Å². The monoisotopic (exact) mass is 313 g/mol. The third-order valence-electron chi connectivity index (χ3n) is 4.11. The number of rotatable bonds is 7. The molecule has 1 saturated carbocycles. The predicted molar refractivity (Wildman–Crippen MR) is 85.4 cm³/mol. The molecule has 3 nitrogen and oxygen atoms in total. The molecule has 20 heavy (non-hydrogen) atoms. The molecule has 1 aliphatic carbocycles. The smallest absolute Gasteiger partial charge is 0.326 e. The number of carbonyl (C=O) groups excluding carboxylic acids is 1. The fourth-order valence-electron chi connectivity index (χ4n) is 3.08. The minimum Gasteiger partial charge on any atom is -0.465 e. The number of ether oxygens (including phenoxy) is 1. The molecule has 0 aromatic carbocycles. The first-order valence-corrected chi connectivity index (χ1v) is 9.12. The highest BCUT2D eigenvalue weighted by molar-refractivity contribution is 8.01. The molecule has 1 aliphatic rings. The third-order valence-corrected chi connectivity index (χ3v) is 6.28. The summed E-state index contributed by atoms with van der Waals surface area (Å²) in [7, 11) is 1.89. The van der Waals surface area contributed by atoms with Crippen molar-refractivity contribution < 1.29 is 9.53 Å². The molecule has 0 radical (unpaired) electrons. The summed E-state index contributed by atoms with van der Waals surface area (Å²) in [5, 5.41) is 5.38. The summed E-state index contributed by atoms with van der Waals surface area (Å²) < 4.78 is 6.65. The second-order valence-electron chi connectivity index (χ2n) is 5.10. The van der Waals surface area contributed by atoms with Crippen molar-refractivity contribution in [3.63, 3.8) is 0 Å². The largest absolute Gasteiger partial charge is 0.465 e. The highest BCUT2D eigenvalue weighted by Gasteiger charge is 2.48. The van der Waals surface area contributed by atoms with Crippen molar-refractivity contribution in [1.29, 1.82) is 0 Å². The van der Waals surface area contributed by atoms with E-state index in [0.29, 0.717) is 12.5 Å². The number of hydrogen-bond acceptors (Lipinski definition) is 5. The molecule has 1 aromatic rings. The van der Waals surface area contributed by atoms with E-state index in [-0.39, 0.29) is 5.97 Å². The molecule has 0 aliphatic heterocycles. The molecule has 1 N–H and O–H groups in total. The lowest BCUT2D eigenvalue weighted by Crippen LogP contribution is -2.54. The van der Waals surface area contributed by atoms with Gasteiger partial charge in [-0.15, -0.1) is 23.1 Å². The van der Waals surface area contributed by atoms with Gasteiger partial charge in [-0.1, -0.05) is 12.5 Å².